The second-order valence-corrected chi connectivity index (χ2v) is 9.37. The van der Waals surface area contributed by atoms with Crippen LogP contribution in [0, 0.1) is 5.92 Å². The van der Waals surface area contributed by atoms with Crippen molar-refractivity contribution >= 4 is 6.09 Å². The Bertz CT molecular complexity index is 738. The lowest BCUT2D eigenvalue weighted by Gasteiger charge is -2.49. The predicted molar refractivity (Wildman–Crippen MR) is 105 cm³/mol. The highest BCUT2D eigenvalue weighted by Crippen LogP contribution is 2.51. The first-order chi connectivity index (χ1) is 13.9. The van der Waals surface area contributed by atoms with Gasteiger partial charge in [-0.05, 0) is 64.2 Å². The number of ether oxygens (including phenoxy) is 2. The Morgan fingerprint density at radius 1 is 1.13 bits per heavy atom. The Hall–Kier alpha value is -1.96. The Balaban J connectivity index is 1.73. The van der Waals surface area contributed by atoms with Crippen molar-refractivity contribution in [3.05, 3.63) is 29.8 Å². The molecule has 0 radical (unpaired) electrons. The molecule has 0 bridgehead atoms. The van der Waals surface area contributed by atoms with E-state index in [1.165, 1.54) is 12.1 Å². The van der Waals surface area contributed by atoms with Crippen LogP contribution in [-0.2, 0) is 10.2 Å². The molecule has 0 unspecified atom stereocenters. The number of hydrogen-bond donors (Lipinski definition) is 2. The highest BCUT2D eigenvalue weighted by Gasteiger charge is 2.50. The van der Waals surface area contributed by atoms with Crippen molar-refractivity contribution < 1.29 is 32.5 Å². The van der Waals surface area contributed by atoms with Gasteiger partial charge in [0.2, 0.25) is 0 Å². The maximum absolute atomic E-state index is 12.4. The van der Waals surface area contributed by atoms with Crippen LogP contribution in [0.5, 0.6) is 5.75 Å². The number of benzene rings is 1. The third-order valence-electron chi connectivity index (χ3n) is 6.15. The predicted octanol–water partition coefficient (Wildman–Crippen LogP) is 5.06. The average Bonchev–Trinajstić information content (AvgIpc) is 3.00. The van der Waals surface area contributed by atoms with Crippen molar-refractivity contribution in [3.63, 3.8) is 0 Å². The number of aliphatic hydroxyl groups excluding tert-OH is 1. The maximum Gasteiger partial charge on any atom is 0.573 e. The van der Waals surface area contributed by atoms with E-state index in [1.807, 2.05) is 0 Å². The van der Waals surface area contributed by atoms with E-state index in [4.69, 9.17) is 4.74 Å². The smallest absolute Gasteiger partial charge is 0.444 e. The van der Waals surface area contributed by atoms with Gasteiger partial charge in [-0.2, -0.15) is 0 Å². The zero-order valence-corrected chi connectivity index (χ0v) is 17.6. The molecular weight excluding hydrogens is 399 g/mol. The molecule has 0 spiro atoms. The number of amides is 1. The summed E-state index contributed by atoms with van der Waals surface area (Å²) in [6, 6.07) is 5.60. The molecule has 1 aromatic rings. The molecule has 0 heterocycles. The van der Waals surface area contributed by atoms with Crippen LogP contribution in [0.15, 0.2) is 24.3 Å². The summed E-state index contributed by atoms with van der Waals surface area (Å²) in [6.07, 6.45) is -1.07. The molecule has 2 aliphatic rings. The molecule has 8 heteroatoms. The van der Waals surface area contributed by atoms with E-state index in [1.54, 1.807) is 32.9 Å². The third-order valence-corrected chi connectivity index (χ3v) is 6.15. The van der Waals surface area contributed by atoms with Crippen molar-refractivity contribution in [1.29, 1.82) is 0 Å². The van der Waals surface area contributed by atoms with Crippen LogP contribution in [0.2, 0.25) is 0 Å². The van der Waals surface area contributed by atoms with Crippen molar-refractivity contribution in [1.82, 2.24) is 5.32 Å². The Kier molecular flexibility index (Phi) is 6.28. The topological polar surface area (TPSA) is 67.8 Å². The van der Waals surface area contributed by atoms with Crippen molar-refractivity contribution in [2.45, 2.75) is 88.8 Å². The molecule has 2 aliphatic carbocycles. The minimum Gasteiger partial charge on any atom is -0.444 e. The standard InChI is InChI=1S/C22H30F3NO4/c1-20(2,3)30-19(28)26-17-7-4-6-16(17)18(27)21(12-5-13-21)14-8-10-15(11-9-14)29-22(23,24)25/h8-11,16-18,27H,4-7,12-13H2,1-3H3,(H,26,28)/t16-,17+,18-/m1/s1. The quantitative estimate of drug-likeness (QED) is 0.687. The average molecular weight is 429 g/mol. The van der Waals surface area contributed by atoms with Gasteiger partial charge in [0.1, 0.15) is 11.4 Å². The van der Waals surface area contributed by atoms with E-state index in [-0.39, 0.29) is 17.7 Å². The van der Waals surface area contributed by atoms with Gasteiger partial charge in [0.25, 0.3) is 0 Å². The number of hydrogen-bond acceptors (Lipinski definition) is 4. The fourth-order valence-electron chi connectivity index (χ4n) is 4.72. The number of nitrogens with one attached hydrogen (secondary N) is 1. The fraction of sp³-hybridized carbons (Fsp3) is 0.682. The molecule has 3 atom stereocenters. The number of halogens is 3. The van der Waals surface area contributed by atoms with Crippen LogP contribution in [0.3, 0.4) is 0 Å². The first-order valence-corrected chi connectivity index (χ1v) is 10.4. The molecule has 2 N–H and O–H groups in total. The van der Waals surface area contributed by atoms with Crippen molar-refractivity contribution in [2.75, 3.05) is 0 Å². The molecule has 2 fully saturated rings. The molecule has 5 nitrogen and oxygen atoms in total. The highest BCUT2D eigenvalue weighted by molar-refractivity contribution is 5.68. The first-order valence-electron chi connectivity index (χ1n) is 10.4. The molecule has 0 aromatic heterocycles. The first kappa shape index (κ1) is 22.7. The van der Waals surface area contributed by atoms with E-state index in [0.717, 1.165) is 44.1 Å². The largest absolute Gasteiger partial charge is 0.573 e. The molecule has 1 amide bonds. The minimum absolute atomic E-state index is 0.135. The maximum atomic E-state index is 12.4. The van der Waals surface area contributed by atoms with E-state index in [2.05, 4.69) is 10.1 Å². The van der Waals surface area contributed by atoms with Gasteiger partial charge < -0.3 is 19.9 Å². The third kappa shape index (κ3) is 5.20. The van der Waals surface area contributed by atoms with Crippen LogP contribution < -0.4 is 10.1 Å². The molecule has 0 aliphatic heterocycles. The van der Waals surface area contributed by atoms with E-state index < -0.39 is 29.6 Å². The fourth-order valence-corrected chi connectivity index (χ4v) is 4.72. The molecule has 168 valence electrons. The lowest BCUT2D eigenvalue weighted by molar-refractivity contribution is -0.274. The zero-order valence-electron chi connectivity index (χ0n) is 17.6. The minimum atomic E-state index is -4.74. The van der Waals surface area contributed by atoms with Crippen LogP contribution in [0.25, 0.3) is 0 Å². The summed E-state index contributed by atoms with van der Waals surface area (Å²) in [6.45, 7) is 5.38. The van der Waals surface area contributed by atoms with Gasteiger partial charge in [0.15, 0.2) is 0 Å². The second kappa shape index (κ2) is 8.29. The molecule has 1 aromatic carbocycles. The highest BCUT2D eigenvalue weighted by atomic mass is 19.4. The van der Waals surface area contributed by atoms with Gasteiger partial charge in [0, 0.05) is 17.4 Å². The number of aliphatic hydroxyl groups is 1. The second-order valence-electron chi connectivity index (χ2n) is 9.37. The van der Waals surface area contributed by atoms with Gasteiger partial charge in [-0.3, -0.25) is 0 Å². The van der Waals surface area contributed by atoms with E-state index >= 15 is 0 Å². The van der Waals surface area contributed by atoms with Crippen LogP contribution in [0.4, 0.5) is 18.0 Å². The summed E-state index contributed by atoms with van der Waals surface area (Å²) >= 11 is 0. The Morgan fingerprint density at radius 2 is 1.77 bits per heavy atom. The summed E-state index contributed by atoms with van der Waals surface area (Å²) in [5.74, 6) is -0.413. The molecule has 30 heavy (non-hydrogen) atoms. The number of carbonyl (C=O) groups excluding carboxylic acids is 1. The monoisotopic (exact) mass is 429 g/mol. The number of carbonyl (C=O) groups is 1. The van der Waals surface area contributed by atoms with Crippen LogP contribution >= 0.6 is 0 Å². The van der Waals surface area contributed by atoms with E-state index in [0.29, 0.717) is 0 Å². The van der Waals surface area contributed by atoms with Crippen molar-refractivity contribution in [2.24, 2.45) is 5.92 Å². The molecule has 2 saturated carbocycles. The van der Waals surface area contributed by atoms with Gasteiger partial charge >= 0.3 is 12.5 Å². The van der Waals surface area contributed by atoms with Gasteiger partial charge in [-0.15, -0.1) is 13.2 Å². The number of rotatable bonds is 5. The van der Waals surface area contributed by atoms with Crippen molar-refractivity contribution in [3.8, 4) is 5.75 Å². The van der Waals surface area contributed by atoms with Gasteiger partial charge in [-0.1, -0.05) is 25.0 Å². The zero-order chi connectivity index (χ0) is 22.2. The molecule has 3 rings (SSSR count). The van der Waals surface area contributed by atoms with E-state index in [9.17, 15) is 23.1 Å². The normalized spacial score (nSPS) is 24.6. The van der Waals surface area contributed by atoms with Gasteiger partial charge in [-0.25, -0.2) is 4.79 Å². The Labute approximate surface area is 174 Å². The summed E-state index contributed by atoms with van der Waals surface area (Å²) in [7, 11) is 0. The number of alkyl halides is 3. The summed E-state index contributed by atoms with van der Waals surface area (Å²) in [5.41, 5.74) is -0.315. The summed E-state index contributed by atoms with van der Waals surface area (Å²) in [5, 5.41) is 14.2. The SMILES string of the molecule is CC(C)(C)OC(=O)N[C@H]1CCC[C@H]1[C@@H](O)C1(c2ccc(OC(F)(F)F)cc2)CCC1. The Morgan fingerprint density at radius 3 is 2.27 bits per heavy atom. The lowest BCUT2D eigenvalue weighted by atomic mass is 9.58. The molecule has 0 saturated heterocycles. The number of alkyl carbamates (subject to hydrolysis) is 1. The van der Waals surface area contributed by atoms with Gasteiger partial charge in [0.05, 0.1) is 6.10 Å². The molecular formula is C22H30F3NO4. The summed E-state index contributed by atoms with van der Waals surface area (Å²) in [4.78, 5) is 12.2. The van der Waals surface area contributed by atoms with Crippen LogP contribution in [0.1, 0.15) is 64.9 Å². The lowest BCUT2D eigenvalue weighted by Crippen LogP contribution is -2.53. The summed E-state index contributed by atoms with van der Waals surface area (Å²) < 4.78 is 46.6. The van der Waals surface area contributed by atoms with Crippen LogP contribution in [-0.4, -0.2) is 35.3 Å².